The topological polar surface area (TPSA) is 28.2 Å². The van der Waals surface area contributed by atoms with Gasteiger partial charge in [-0.05, 0) is 11.6 Å². The molecule has 1 heterocycles. The first-order valence-electron chi connectivity index (χ1n) is 6.01. The molecule has 0 radical (unpaired) electrons. The van der Waals surface area contributed by atoms with E-state index in [1.165, 1.54) is 0 Å². The Labute approximate surface area is 124 Å². The van der Waals surface area contributed by atoms with Gasteiger partial charge in [0.25, 0.3) is 0 Å². The average molecular weight is 342 g/mol. The molecule has 0 aliphatic heterocycles. The van der Waals surface area contributed by atoms with Crippen molar-refractivity contribution >= 4 is 27.6 Å². The van der Waals surface area contributed by atoms with Crippen molar-refractivity contribution in [1.82, 2.24) is 4.98 Å². The van der Waals surface area contributed by atoms with Crippen LogP contribution < -0.4 is 10.2 Å². The van der Waals surface area contributed by atoms with E-state index in [4.69, 9.17) is 0 Å². The number of benzene rings is 1. The van der Waals surface area contributed by atoms with Gasteiger partial charge in [-0.1, -0.05) is 34.1 Å². The molecular weight excluding hydrogens is 328 g/mol. The normalized spacial score (nSPS) is 10.4. The first kappa shape index (κ1) is 14.7. The highest BCUT2D eigenvalue weighted by Crippen LogP contribution is 2.24. The maximum Gasteiger partial charge on any atom is 0.168 e. The fourth-order valence-electron chi connectivity index (χ4n) is 1.86. The van der Waals surface area contributed by atoms with Crippen molar-refractivity contribution in [2.75, 3.05) is 24.3 Å². The molecule has 6 heteroatoms. The van der Waals surface area contributed by atoms with Gasteiger partial charge in [0, 0.05) is 31.2 Å². The molecule has 0 bridgehead atoms. The minimum absolute atomic E-state index is 0.0281. The van der Waals surface area contributed by atoms with Crippen molar-refractivity contribution in [3.8, 4) is 0 Å². The van der Waals surface area contributed by atoms with Crippen LogP contribution in [0.1, 0.15) is 5.56 Å². The Kier molecular flexibility index (Phi) is 4.54. The van der Waals surface area contributed by atoms with Crippen molar-refractivity contribution in [2.45, 2.75) is 6.54 Å². The lowest BCUT2D eigenvalue weighted by Crippen LogP contribution is -2.20. The van der Waals surface area contributed by atoms with E-state index in [2.05, 4.69) is 26.2 Å². The third kappa shape index (κ3) is 3.07. The Bertz CT molecular complexity index is 619. The van der Waals surface area contributed by atoms with Gasteiger partial charge in [-0.25, -0.2) is 13.8 Å². The first-order chi connectivity index (χ1) is 9.52. The number of nitrogens with zero attached hydrogens (tertiary/aromatic N) is 2. The Morgan fingerprint density at radius 3 is 2.60 bits per heavy atom. The zero-order chi connectivity index (χ0) is 14.7. The molecule has 0 atom stereocenters. The molecule has 1 N–H and O–H groups in total. The van der Waals surface area contributed by atoms with Gasteiger partial charge in [0.15, 0.2) is 23.3 Å². The van der Waals surface area contributed by atoms with Crippen molar-refractivity contribution in [1.29, 1.82) is 0 Å². The monoisotopic (exact) mass is 341 g/mol. The standard InChI is InChI=1S/C14H14BrF2N3/c1-18-13-11(16)7-12(17)14(19-13)20(2)8-9-5-3-4-6-10(9)15/h3-7H,8H2,1-2H3,(H,18,19). The molecule has 0 aliphatic carbocycles. The molecule has 0 aliphatic rings. The van der Waals surface area contributed by atoms with Crippen LogP contribution in [-0.2, 0) is 6.54 Å². The number of rotatable bonds is 4. The highest BCUT2D eigenvalue weighted by molar-refractivity contribution is 9.10. The highest BCUT2D eigenvalue weighted by atomic mass is 79.9. The number of anilines is 2. The lowest BCUT2D eigenvalue weighted by atomic mass is 10.2. The van der Waals surface area contributed by atoms with Gasteiger partial charge in [0.05, 0.1) is 0 Å². The highest BCUT2D eigenvalue weighted by Gasteiger charge is 2.15. The van der Waals surface area contributed by atoms with E-state index < -0.39 is 11.6 Å². The smallest absolute Gasteiger partial charge is 0.168 e. The van der Waals surface area contributed by atoms with Crippen molar-refractivity contribution < 1.29 is 8.78 Å². The molecule has 0 spiro atoms. The molecule has 0 unspecified atom stereocenters. The lowest BCUT2D eigenvalue weighted by molar-refractivity contribution is 0.573. The number of pyridine rings is 1. The number of hydrogen-bond donors (Lipinski definition) is 1. The fourth-order valence-corrected chi connectivity index (χ4v) is 2.27. The summed E-state index contributed by atoms with van der Waals surface area (Å²) in [5.74, 6) is -1.26. The van der Waals surface area contributed by atoms with Gasteiger partial charge in [-0.15, -0.1) is 0 Å². The summed E-state index contributed by atoms with van der Waals surface area (Å²) in [4.78, 5) is 5.60. The predicted molar refractivity (Wildman–Crippen MR) is 79.9 cm³/mol. The second kappa shape index (κ2) is 6.17. The molecule has 1 aromatic carbocycles. The van der Waals surface area contributed by atoms with Gasteiger partial charge in [0.2, 0.25) is 0 Å². The summed E-state index contributed by atoms with van der Waals surface area (Å²) < 4.78 is 28.2. The van der Waals surface area contributed by atoms with E-state index in [0.29, 0.717) is 6.54 Å². The quantitative estimate of drug-likeness (QED) is 0.916. The average Bonchev–Trinajstić information content (AvgIpc) is 2.41. The Balaban J connectivity index is 2.30. The van der Waals surface area contributed by atoms with Gasteiger partial charge in [0.1, 0.15) is 0 Å². The second-order valence-electron chi connectivity index (χ2n) is 4.32. The Morgan fingerprint density at radius 2 is 1.95 bits per heavy atom. The van der Waals surface area contributed by atoms with E-state index in [1.807, 2.05) is 24.3 Å². The summed E-state index contributed by atoms with van der Waals surface area (Å²) in [6, 6.07) is 8.49. The van der Waals surface area contributed by atoms with Crippen molar-refractivity contribution in [3.63, 3.8) is 0 Å². The molecule has 3 nitrogen and oxygen atoms in total. The van der Waals surface area contributed by atoms with E-state index >= 15 is 0 Å². The van der Waals surface area contributed by atoms with Crippen LogP contribution in [0, 0.1) is 11.6 Å². The lowest BCUT2D eigenvalue weighted by Gasteiger charge is -2.20. The minimum Gasteiger partial charge on any atom is -0.371 e. The molecule has 2 rings (SSSR count). The van der Waals surface area contributed by atoms with Gasteiger partial charge >= 0.3 is 0 Å². The second-order valence-corrected chi connectivity index (χ2v) is 5.18. The summed E-state index contributed by atoms with van der Waals surface area (Å²) in [6.45, 7) is 0.458. The number of nitrogens with one attached hydrogen (secondary N) is 1. The number of aromatic nitrogens is 1. The summed E-state index contributed by atoms with van der Waals surface area (Å²) in [6.07, 6.45) is 0. The molecular formula is C14H14BrF2N3. The minimum atomic E-state index is -0.706. The molecule has 20 heavy (non-hydrogen) atoms. The summed E-state index contributed by atoms with van der Waals surface area (Å²) in [7, 11) is 3.25. The molecule has 0 amide bonds. The molecule has 0 saturated heterocycles. The molecule has 106 valence electrons. The van der Waals surface area contributed by atoms with Crippen LogP contribution in [0.3, 0.4) is 0 Å². The van der Waals surface area contributed by atoms with Crippen LogP contribution in [0.4, 0.5) is 20.4 Å². The van der Waals surface area contributed by atoms with Crippen LogP contribution in [0.15, 0.2) is 34.8 Å². The molecule has 0 fully saturated rings. The zero-order valence-electron chi connectivity index (χ0n) is 11.1. The zero-order valence-corrected chi connectivity index (χ0v) is 12.7. The van der Waals surface area contributed by atoms with Crippen LogP contribution in [-0.4, -0.2) is 19.1 Å². The largest absolute Gasteiger partial charge is 0.371 e. The summed E-state index contributed by atoms with van der Waals surface area (Å²) in [5, 5.41) is 2.60. The summed E-state index contributed by atoms with van der Waals surface area (Å²) >= 11 is 3.44. The maximum absolute atomic E-state index is 13.8. The van der Waals surface area contributed by atoms with E-state index in [0.717, 1.165) is 16.1 Å². The first-order valence-corrected chi connectivity index (χ1v) is 6.80. The maximum atomic E-state index is 13.8. The Morgan fingerprint density at radius 1 is 1.25 bits per heavy atom. The molecule has 1 aromatic heterocycles. The van der Waals surface area contributed by atoms with Crippen molar-refractivity contribution in [3.05, 3.63) is 52.0 Å². The van der Waals surface area contributed by atoms with E-state index in [-0.39, 0.29) is 11.6 Å². The molecule has 0 saturated carbocycles. The van der Waals surface area contributed by atoms with Crippen LogP contribution in [0.5, 0.6) is 0 Å². The fraction of sp³-hybridized carbons (Fsp3) is 0.214. The third-order valence-electron chi connectivity index (χ3n) is 2.87. The van der Waals surface area contributed by atoms with Gasteiger partial charge in [-0.2, -0.15) is 0 Å². The van der Waals surface area contributed by atoms with Crippen LogP contribution >= 0.6 is 15.9 Å². The molecule has 2 aromatic rings. The van der Waals surface area contributed by atoms with Crippen LogP contribution in [0.25, 0.3) is 0 Å². The number of hydrogen-bond acceptors (Lipinski definition) is 3. The Hall–Kier alpha value is -1.69. The van der Waals surface area contributed by atoms with E-state index in [9.17, 15) is 8.78 Å². The van der Waals surface area contributed by atoms with Gasteiger partial charge < -0.3 is 10.2 Å². The van der Waals surface area contributed by atoms with Gasteiger partial charge in [-0.3, -0.25) is 0 Å². The van der Waals surface area contributed by atoms with Crippen molar-refractivity contribution in [2.24, 2.45) is 0 Å². The summed E-state index contributed by atoms with van der Waals surface area (Å²) in [5.41, 5.74) is 0.992. The third-order valence-corrected chi connectivity index (χ3v) is 3.65. The predicted octanol–water partition coefficient (Wildman–Crippen LogP) is 3.80. The number of halogens is 3. The SMILES string of the molecule is CNc1nc(N(C)Cc2ccccc2Br)c(F)cc1F. The van der Waals surface area contributed by atoms with E-state index in [1.54, 1.807) is 19.0 Å². The van der Waals surface area contributed by atoms with Crippen LogP contribution in [0.2, 0.25) is 0 Å².